The second-order valence-corrected chi connectivity index (χ2v) is 6.72. The van der Waals surface area contributed by atoms with Gasteiger partial charge in [-0.3, -0.25) is 0 Å². The first-order chi connectivity index (χ1) is 10.4. The van der Waals surface area contributed by atoms with Crippen LogP contribution in [0.2, 0.25) is 0 Å². The summed E-state index contributed by atoms with van der Waals surface area (Å²) >= 11 is 0. The summed E-state index contributed by atoms with van der Waals surface area (Å²) in [5.41, 5.74) is 3.70. The lowest BCUT2D eigenvalue weighted by Gasteiger charge is -2.22. The van der Waals surface area contributed by atoms with Crippen molar-refractivity contribution in [2.24, 2.45) is 0 Å². The van der Waals surface area contributed by atoms with E-state index in [2.05, 4.69) is 81.2 Å². The minimum Gasteiger partial charge on any atom is -0.329 e. The van der Waals surface area contributed by atoms with Gasteiger partial charge in [-0.1, -0.05) is 51.1 Å². The molecule has 3 aromatic rings. The van der Waals surface area contributed by atoms with Gasteiger partial charge in [-0.15, -0.1) is 0 Å². The number of nitrogens with zero attached hydrogens (tertiary/aromatic N) is 2. The Kier molecular flexibility index (Phi) is 3.61. The highest BCUT2D eigenvalue weighted by Gasteiger charge is 2.14. The Morgan fingerprint density at radius 1 is 0.818 bits per heavy atom. The highest BCUT2D eigenvalue weighted by molar-refractivity contribution is 5.81. The Hall–Kier alpha value is -2.35. The maximum atomic E-state index is 4.75. The van der Waals surface area contributed by atoms with Crippen LogP contribution < -0.4 is 4.90 Å². The topological polar surface area (TPSA) is 16.1 Å². The van der Waals surface area contributed by atoms with Crippen LogP contribution in [0.1, 0.15) is 26.3 Å². The lowest BCUT2D eigenvalue weighted by Crippen LogP contribution is -2.13. The van der Waals surface area contributed by atoms with Gasteiger partial charge in [-0.05, 0) is 41.3 Å². The molecule has 0 saturated heterocycles. The number of hydrogen-bond acceptors (Lipinski definition) is 2. The standard InChI is InChI=1S/C20H22N2/c1-20(2,3)16-10-12-17(13-11-16)22(4)19-14-9-15-7-5-6-8-18(15)21-19/h5-14H,1-4H3. The first-order valence-corrected chi connectivity index (χ1v) is 7.65. The van der Waals surface area contributed by atoms with Crippen LogP contribution in [0.3, 0.4) is 0 Å². The maximum absolute atomic E-state index is 4.75. The summed E-state index contributed by atoms with van der Waals surface area (Å²) in [6, 6.07) is 21.1. The lowest BCUT2D eigenvalue weighted by atomic mass is 9.87. The molecular weight excluding hydrogens is 268 g/mol. The highest BCUT2D eigenvalue weighted by Crippen LogP contribution is 2.28. The molecule has 0 unspecified atom stereocenters. The van der Waals surface area contributed by atoms with Crippen LogP contribution in [0, 0.1) is 0 Å². The van der Waals surface area contributed by atoms with Crippen LogP contribution in [0.4, 0.5) is 11.5 Å². The van der Waals surface area contributed by atoms with Crippen molar-refractivity contribution in [2.45, 2.75) is 26.2 Å². The van der Waals surface area contributed by atoms with Gasteiger partial charge in [0.2, 0.25) is 0 Å². The predicted octanol–water partition coefficient (Wildman–Crippen LogP) is 5.30. The molecule has 2 nitrogen and oxygen atoms in total. The first-order valence-electron chi connectivity index (χ1n) is 7.65. The zero-order valence-electron chi connectivity index (χ0n) is 13.7. The van der Waals surface area contributed by atoms with E-state index in [4.69, 9.17) is 4.98 Å². The van der Waals surface area contributed by atoms with E-state index < -0.39 is 0 Å². The molecule has 1 heterocycles. The number of para-hydroxylation sites is 1. The molecule has 22 heavy (non-hydrogen) atoms. The predicted molar refractivity (Wildman–Crippen MR) is 94.9 cm³/mol. The quantitative estimate of drug-likeness (QED) is 0.636. The van der Waals surface area contributed by atoms with Gasteiger partial charge >= 0.3 is 0 Å². The molecule has 0 amide bonds. The molecule has 0 radical (unpaired) electrons. The minimum absolute atomic E-state index is 0.179. The van der Waals surface area contributed by atoms with E-state index in [1.165, 1.54) is 10.9 Å². The largest absolute Gasteiger partial charge is 0.329 e. The second-order valence-electron chi connectivity index (χ2n) is 6.72. The van der Waals surface area contributed by atoms with Gasteiger partial charge in [0, 0.05) is 18.1 Å². The summed E-state index contributed by atoms with van der Waals surface area (Å²) in [6.45, 7) is 6.70. The fraction of sp³-hybridized carbons (Fsp3) is 0.250. The van der Waals surface area contributed by atoms with Crippen molar-refractivity contribution >= 4 is 22.4 Å². The van der Waals surface area contributed by atoms with Crippen LogP contribution in [-0.4, -0.2) is 12.0 Å². The summed E-state index contributed by atoms with van der Waals surface area (Å²) in [5.74, 6) is 0.960. The zero-order chi connectivity index (χ0) is 15.7. The summed E-state index contributed by atoms with van der Waals surface area (Å²) in [6.07, 6.45) is 0. The molecule has 0 bridgehead atoms. The van der Waals surface area contributed by atoms with Crippen LogP contribution in [0.5, 0.6) is 0 Å². The lowest BCUT2D eigenvalue weighted by molar-refractivity contribution is 0.590. The third-order valence-corrected chi connectivity index (χ3v) is 4.05. The maximum Gasteiger partial charge on any atom is 0.133 e. The van der Waals surface area contributed by atoms with Crippen LogP contribution in [0.25, 0.3) is 10.9 Å². The monoisotopic (exact) mass is 290 g/mol. The van der Waals surface area contributed by atoms with Crippen LogP contribution >= 0.6 is 0 Å². The highest BCUT2D eigenvalue weighted by atomic mass is 15.2. The van der Waals surface area contributed by atoms with E-state index in [0.29, 0.717) is 0 Å². The van der Waals surface area contributed by atoms with E-state index in [1.807, 2.05) is 12.1 Å². The molecule has 0 saturated carbocycles. The van der Waals surface area contributed by atoms with Gasteiger partial charge < -0.3 is 4.90 Å². The van der Waals surface area contributed by atoms with Gasteiger partial charge in [0.25, 0.3) is 0 Å². The number of pyridine rings is 1. The van der Waals surface area contributed by atoms with Crippen molar-refractivity contribution in [3.05, 3.63) is 66.2 Å². The smallest absolute Gasteiger partial charge is 0.133 e. The molecule has 3 rings (SSSR count). The Balaban J connectivity index is 1.93. The Morgan fingerprint density at radius 3 is 2.18 bits per heavy atom. The molecule has 2 heteroatoms. The number of benzene rings is 2. The molecule has 0 N–H and O–H groups in total. The number of fused-ring (bicyclic) bond motifs is 1. The molecule has 0 aliphatic heterocycles. The molecular formula is C20H22N2. The Labute approximate surface area is 132 Å². The Morgan fingerprint density at radius 2 is 1.50 bits per heavy atom. The van der Waals surface area contributed by atoms with Gasteiger partial charge in [0.15, 0.2) is 0 Å². The van der Waals surface area contributed by atoms with Crippen molar-refractivity contribution in [3.63, 3.8) is 0 Å². The van der Waals surface area contributed by atoms with E-state index in [-0.39, 0.29) is 5.41 Å². The first kappa shape index (κ1) is 14.6. The summed E-state index contributed by atoms with van der Waals surface area (Å²) in [5, 5.41) is 1.17. The number of hydrogen-bond donors (Lipinski definition) is 0. The van der Waals surface area contributed by atoms with Gasteiger partial charge in [-0.25, -0.2) is 4.98 Å². The average molecular weight is 290 g/mol. The summed E-state index contributed by atoms with van der Waals surface area (Å²) in [7, 11) is 2.06. The molecule has 1 aromatic heterocycles. The van der Waals surface area contributed by atoms with E-state index in [0.717, 1.165) is 17.0 Å². The number of anilines is 2. The minimum atomic E-state index is 0.179. The normalized spacial score (nSPS) is 11.6. The second kappa shape index (κ2) is 5.45. The van der Waals surface area contributed by atoms with Crippen molar-refractivity contribution in [2.75, 3.05) is 11.9 Å². The molecule has 0 atom stereocenters. The molecule has 2 aromatic carbocycles. The third kappa shape index (κ3) is 2.82. The van der Waals surface area contributed by atoms with Crippen molar-refractivity contribution in [1.82, 2.24) is 4.98 Å². The molecule has 112 valence electrons. The van der Waals surface area contributed by atoms with Crippen molar-refractivity contribution in [1.29, 1.82) is 0 Å². The van der Waals surface area contributed by atoms with E-state index in [1.54, 1.807) is 0 Å². The molecule has 0 fully saturated rings. The molecule has 0 aliphatic rings. The summed E-state index contributed by atoms with van der Waals surface area (Å²) in [4.78, 5) is 6.87. The summed E-state index contributed by atoms with van der Waals surface area (Å²) < 4.78 is 0. The van der Waals surface area contributed by atoms with Gasteiger partial charge in [-0.2, -0.15) is 0 Å². The van der Waals surface area contributed by atoms with E-state index >= 15 is 0 Å². The fourth-order valence-electron chi connectivity index (χ4n) is 2.56. The van der Waals surface area contributed by atoms with Crippen molar-refractivity contribution in [3.8, 4) is 0 Å². The molecule has 0 aliphatic carbocycles. The van der Waals surface area contributed by atoms with Crippen molar-refractivity contribution < 1.29 is 0 Å². The number of rotatable bonds is 2. The fourth-order valence-corrected chi connectivity index (χ4v) is 2.56. The number of aromatic nitrogens is 1. The van der Waals surface area contributed by atoms with Crippen LogP contribution in [0.15, 0.2) is 60.7 Å². The molecule has 0 spiro atoms. The Bertz CT molecular complexity index is 783. The zero-order valence-corrected chi connectivity index (χ0v) is 13.7. The third-order valence-electron chi connectivity index (χ3n) is 4.05. The van der Waals surface area contributed by atoms with Gasteiger partial charge in [0.05, 0.1) is 5.52 Å². The average Bonchev–Trinajstić information content (AvgIpc) is 2.53. The van der Waals surface area contributed by atoms with Crippen LogP contribution in [-0.2, 0) is 5.41 Å². The SMILES string of the molecule is CN(c1ccc(C(C)(C)C)cc1)c1ccc2ccccc2n1. The van der Waals surface area contributed by atoms with Gasteiger partial charge in [0.1, 0.15) is 5.82 Å². The van der Waals surface area contributed by atoms with E-state index in [9.17, 15) is 0 Å².